The molecule has 1 aromatic heterocycles. The molecular weight excluding hydrogens is 230 g/mol. The van der Waals surface area contributed by atoms with Crippen LogP contribution in [0.4, 0.5) is 0 Å². The van der Waals surface area contributed by atoms with Crippen molar-refractivity contribution in [3.63, 3.8) is 0 Å². The van der Waals surface area contributed by atoms with Crippen molar-refractivity contribution >= 4 is 5.97 Å². The summed E-state index contributed by atoms with van der Waals surface area (Å²) in [5, 5.41) is 7.99. The van der Waals surface area contributed by atoms with Gasteiger partial charge in [-0.3, -0.25) is 0 Å². The number of carbonyl (C=O) groups is 1. The van der Waals surface area contributed by atoms with Gasteiger partial charge < -0.3 is 9.30 Å². The van der Waals surface area contributed by atoms with Gasteiger partial charge in [-0.15, -0.1) is 10.2 Å². The number of carbonyl (C=O) groups excluding carboxylic acids is 1. The first-order valence-corrected chi connectivity index (χ1v) is 6.72. The van der Waals surface area contributed by atoms with Crippen LogP contribution >= 0.6 is 0 Å². The van der Waals surface area contributed by atoms with Crippen LogP contribution in [0.5, 0.6) is 0 Å². The topological polar surface area (TPSA) is 57.0 Å². The molecule has 1 heterocycles. The van der Waals surface area contributed by atoms with Crippen molar-refractivity contribution in [3.05, 3.63) is 11.6 Å². The van der Waals surface area contributed by atoms with Gasteiger partial charge in [0.1, 0.15) is 5.82 Å². The number of nitrogens with zero attached hydrogens (tertiary/aromatic N) is 3. The van der Waals surface area contributed by atoms with Crippen LogP contribution in [-0.4, -0.2) is 27.3 Å². The summed E-state index contributed by atoms with van der Waals surface area (Å²) in [5.74, 6) is 1.58. The molecule has 0 atom stereocenters. The maximum absolute atomic E-state index is 11.8. The number of rotatable bonds is 3. The van der Waals surface area contributed by atoms with E-state index >= 15 is 0 Å². The largest absolute Gasteiger partial charge is 0.460 e. The van der Waals surface area contributed by atoms with Gasteiger partial charge in [-0.2, -0.15) is 0 Å². The fourth-order valence-electron chi connectivity index (χ4n) is 2.64. The standard InChI is InChI=1S/C13H21N3O2/c1-4-18-13(17)12-15-14-10(3)16(12)11-7-5-9(2)6-8-11/h9,11H,4-8H2,1-3H3. The van der Waals surface area contributed by atoms with Gasteiger partial charge in [0.2, 0.25) is 5.82 Å². The lowest BCUT2D eigenvalue weighted by Crippen LogP contribution is -2.22. The van der Waals surface area contributed by atoms with E-state index in [1.807, 2.05) is 11.5 Å². The number of hydrogen-bond donors (Lipinski definition) is 0. The molecule has 0 radical (unpaired) electrons. The number of hydrogen-bond acceptors (Lipinski definition) is 4. The second-order valence-electron chi connectivity index (χ2n) is 5.07. The molecule has 5 nitrogen and oxygen atoms in total. The van der Waals surface area contributed by atoms with Crippen LogP contribution in [0.25, 0.3) is 0 Å². The van der Waals surface area contributed by atoms with Gasteiger partial charge in [-0.1, -0.05) is 6.92 Å². The summed E-state index contributed by atoms with van der Waals surface area (Å²) in [5.41, 5.74) is 0. The van der Waals surface area contributed by atoms with Crippen molar-refractivity contribution in [2.45, 2.75) is 52.5 Å². The number of aromatic nitrogens is 3. The van der Waals surface area contributed by atoms with Crippen LogP contribution in [0.15, 0.2) is 0 Å². The molecule has 0 spiro atoms. The number of ether oxygens (including phenoxy) is 1. The van der Waals surface area contributed by atoms with Crippen molar-refractivity contribution in [2.75, 3.05) is 6.61 Å². The highest BCUT2D eigenvalue weighted by Gasteiger charge is 2.27. The fraction of sp³-hybridized carbons (Fsp3) is 0.769. The third-order valence-electron chi connectivity index (χ3n) is 3.67. The molecular formula is C13H21N3O2. The summed E-state index contributed by atoms with van der Waals surface area (Å²) < 4.78 is 6.99. The fourth-order valence-corrected chi connectivity index (χ4v) is 2.64. The minimum absolute atomic E-state index is 0.343. The summed E-state index contributed by atoms with van der Waals surface area (Å²) in [6.07, 6.45) is 4.58. The highest BCUT2D eigenvalue weighted by atomic mass is 16.5. The lowest BCUT2D eigenvalue weighted by atomic mass is 9.87. The third-order valence-corrected chi connectivity index (χ3v) is 3.67. The number of esters is 1. The van der Waals surface area contributed by atoms with Crippen LogP contribution in [0.1, 0.15) is 62.0 Å². The van der Waals surface area contributed by atoms with Gasteiger partial charge in [0.05, 0.1) is 6.61 Å². The summed E-state index contributed by atoms with van der Waals surface area (Å²) in [6, 6.07) is 0.343. The first-order valence-electron chi connectivity index (χ1n) is 6.72. The van der Waals surface area contributed by atoms with E-state index < -0.39 is 0 Å². The van der Waals surface area contributed by atoms with E-state index in [-0.39, 0.29) is 5.97 Å². The Balaban J connectivity index is 2.21. The van der Waals surface area contributed by atoms with Crippen LogP contribution in [-0.2, 0) is 4.74 Å². The minimum Gasteiger partial charge on any atom is -0.460 e. The highest BCUT2D eigenvalue weighted by molar-refractivity contribution is 5.85. The van der Waals surface area contributed by atoms with E-state index in [1.165, 1.54) is 12.8 Å². The monoisotopic (exact) mass is 251 g/mol. The molecule has 0 saturated heterocycles. The Labute approximate surface area is 108 Å². The molecule has 0 N–H and O–H groups in total. The molecule has 0 aliphatic heterocycles. The van der Waals surface area contributed by atoms with Crippen LogP contribution < -0.4 is 0 Å². The molecule has 18 heavy (non-hydrogen) atoms. The highest BCUT2D eigenvalue weighted by Crippen LogP contribution is 2.33. The number of aryl methyl sites for hydroxylation is 1. The zero-order chi connectivity index (χ0) is 13.1. The van der Waals surface area contributed by atoms with Crippen molar-refractivity contribution in [3.8, 4) is 0 Å². The second-order valence-corrected chi connectivity index (χ2v) is 5.07. The minimum atomic E-state index is -0.364. The van der Waals surface area contributed by atoms with E-state index in [4.69, 9.17) is 4.74 Å². The molecule has 1 aromatic rings. The van der Waals surface area contributed by atoms with Crippen molar-refractivity contribution in [2.24, 2.45) is 5.92 Å². The summed E-state index contributed by atoms with van der Waals surface area (Å²) in [6.45, 7) is 6.34. The van der Waals surface area contributed by atoms with Gasteiger partial charge in [0, 0.05) is 6.04 Å². The first kappa shape index (κ1) is 13.1. The molecule has 0 amide bonds. The molecule has 1 aliphatic rings. The van der Waals surface area contributed by atoms with Crippen molar-refractivity contribution < 1.29 is 9.53 Å². The maximum atomic E-state index is 11.8. The Morgan fingerprint density at radius 2 is 2.00 bits per heavy atom. The van der Waals surface area contributed by atoms with E-state index in [0.717, 1.165) is 24.6 Å². The van der Waals surface area contributed by atoms with E-state index in [0.29, 0.717) is 18.5 Å². The van der Waals surface area contributed by atoms with E-state index in [9.17, 15) is 4.79 Å². The Hall–Kier alpha value is -1.39. The lowest BCUT2D eigenvalue weighted by Gasteiger charge is -2.28. The third kappa shape index (κ3) is 2.54. The molecule has 5 heteroatoms. The molecule has 2 rings (SSSR count). The SMILES string of the molecule is CCOC(=O)c1nnc(C)n1C1CCC(C)CC1. The van der Waals surface area contributed by atoms with Crippen LogP contribution in [0.3, 0.4) is 0 Å². The second kappa shape index (κ2) is 5.50. The van der Waals surface area contributed by atoms with Gasteiger partial charge >= 0.3 is 5.97 Å². The molecule has 0 unspecified atom stereocenters. The quantitative estimate of drug-likeness (QED) is 0.774. The predicted octanol–water partition coefficient (Wildman–Crippen LogP) is 2.51. The summed E-state index contributed by atoms with van der Waals surface area (Å²) in [7, 11) is 0. The Morgan fingerprint density at radius 1 is 1.33 bits per heavy atom. The van der Waals surface area contributed by atoms with Gasteiger partial charge in [-0.05, 0) is 45.4 Å². The molecule has 1 fully saturated rings. The van der Waals surface area contributed by atoms with Crippen LogP contribution in [0, 0.1) is 12.8 Å². The molecule has 1 aliphatic carbocycles. The van der Waals surface area contributed by atoms with Crippen molar-refractivity contribution in [1.29, 1.82) is 0 Å². The normalized spacial score (nSPS) is 23.9. The van der Waals surface area contributed by atoms with Crippen LogP contribution in [0.2, 0.25) is 0 Å². The average molecular weight is 251 g/mol. The molecule has 0 bridgehead atoms. The van der Waals surface area contributed by atoms with E-state index in [1.54, 1.807) is 6.92 Å². The zero-order valence-electron chi connectivity index (χ0n) is 11.3. The van der Waals surface area contributed by atoms with E-state index in [2.05, 4.69) is 17.1 Å². The Bertz CT molecular complexity index is 420. The van der Waals surface area contributed by atoms with Crippen molar-refractivity contribution in [1.82, 2.24) is 14.8 Å². The first-order chi connectivity index (χ1) is 8.63. The zero-order valence-corrected chi connectivity index (χ0v) is 11.3. The molecule has 100 valence electrons. The molecule has 1 saturated carbocycles. The average Bonchev–Trinajstić information content (AvgIpc) is 2.73. The Kier molecular flexibility index (Phi) is 3.99. The molecule has 0 aromatic carbocycles. The van der Waals surface area contributed by atoms with Gasteiger partial charge in [0.25, 0.3) is 0 Å². The summed E-state index contributed by atoms with van der Waals surface area (Å²) in [4.78, 5) is 11.8. The Morgan fingerprint density at radius 3 is 2.61 bits per heavy atom. The lowest BCUT2D eigenvalue weighted by molar-refractivity contribution is 0.0500. The van der Waals surface area contributed by atoms with Gasteiger partial charge in [-0.25, -0.2) is 4.79 Å². The van der Waals surface area contributed by atoms with Gasteiger partial charge in [0.15, 0.2) is 0 Å². The predicted molar refractivity (Wildman–Crippen MR) is 67.4 cm³/mol. The smallest absolute Gasteiger partial charge is 0.376 e. The maximum Gasteiger partial charge on any atom is 0.376 e. The summed E-state index contributed by atoms with van der Waals surface area (Å²) >= 11 is 0.